The average molecular weight is 452 g/mol. The van der Waals surface area contributed by atoms with Crippen molar-refractivity contribution in [1.82, 2.24) is 20.2 Å². The molecule has 2 amide bonds. The van der Waals surface area contributed by atoms with Crippen molar-refractivity contribution < 1.29 is 9.59 Å². The van der Waals surface area contributed by atoms with Gasteiger partial charge in [0, 0.05) is 31.4 Å². The summed E-state index contributed by atoms with van der Waals surface area (Å²) in [5.74, 6) is -0.174. The van der Waals surface area contributed by atoms with Crippen LogP contribution in [-0.2, 0) is 11.8 Å². The van der Waals surface area contributed by atoms with Gasteiger partial charge in [-0.3, -0.25) is 9.59 Å². The molecule has 0 unspecified atom stereocenters. The minimum atomic E-state index is -0.183. The molecule has 1 saturated heterocycles. The molecule has 0 spiro atoms. The van der Waals surface area contributed by atoms with Crippen LogP contribution in [0.25, 0.3) is 0 Å². The van der Waals surface area contributed by atoms with Crippen molar-refractivity contribution in [2.45, 2.75) is 24.4 Å². The third-order valence-corrected chi connectivity index (χ3v) is 6.20. The molecule has 1 aliphatic rings. The van der Waals surface area contributed by atoms with Gasteiger partial charge in [0.05, 0.1) is 17.1 Å². The minimum absolute atomic E-state index is 0.175. The Kier molecular flexibility index (Phi) is 7.00. The fourth-order valence-electron chi connectivity index (χ4n) is 3.56. The van der Waals surface area contributed by atoms with E-state index in [0.717, 1.165) is 24.5 Å². The van der Waals surface area contributed by atoms with Gasteiger partial charge in [-0.05, 0) is 66.1 Å². The zero-order valence-corrected chi connectivity index (χ0v) is 18.6. The second-order valence-electron chi connectivity index (χ2n) is 7.52. The fraction of sp³-hybridized carbons (Fsp3) is 0.318. The maximum Gasteiger partial charge on any atom is 0.255 e. The molecule has 1 aromatic heterocycles. The third kappa shape index (κ3) is 5.44. The van der Waals surface area contributed by atoms with E-state index < -0.39 is 0 Å². The first-order chi connectivity index (χ1) is 15.6. The number of aromatic nitrogens is 4. The Hall–Kier alpha value is -3.40. The molecule has 0 saturated carbocycles. The van der Waals surface area contributed by atoms with Gasteiger partial charge in [-0.2, -0.15) is 0 Å². The summed E-state index contributed by atoms with van der Waals surface area (Å²) in [5, 5.41) is 17.5. The maximum absolute atomic E-state index is 12.8. The minimum Gasteiger partial charge on any atom is -0.370 e. The Bertz CT molecular complexity index is 1080. The zero-order valence-electron chi connectivity index (χ0n) is 17.8. The molecule has 1 fully saturated rings. The van der Waals surface area contributed by atoms with Crippen molar-refractivity contribution >= 4 is 40.6 Å². The lowest BCUT2D eigenvalue weighted by molar-refractivity contribution is -0.113. The number of thioether (sulfide) groups is 1. The van der Waals surface area contributed by atoms with E-state index in [0.29, 0.717) is 16.4 Å². The van der Waals surface area contributed by atoms with Crippen molar-refractivity contribution in [2.24, 2.45) is 7.05 Å². The number of anilines is 3. The van der Waals surface area contributed by atoms with Crippen molar-refractivity contribution in [1.29, 1.82) is 0 Å². The average Bonchev–Trinajstić information content (AvgIpc) is 3.24. The molecule has 166 valence electrons. The summed E-state index contributed by atoms with van der Waals surface area (Å²) in [6.45, 7) is 2.01. The lowest BCUT2D eigenvalue weighted by Gasteiger charge is -2.30. The van der Waals surface area contributed by atoms with Gasteiger partial charge in [-0.25, -0.2) is 4.68 Å². The van der Waals surface area contributed by atoms with E-state index in [9.17, 15) is 9.59 Å². The predicted molar refractivity (Wildman–Crippen MR) is 125 cm³/mol. The predicted octanol–water partition coefficient (Wildman–Crippen LogP) is 3.18. The van der Waals surface area contributed by atoms with Crippen molar-refractivity contribution in [3.63, 3.8) is 0 Å². The lowest BCUT2D eigenvalue weighted by Crippen LogP contribution is -2.30. The number of nitrogens with one attached hydrogen (secondary N) is 2. The third-order valence-electron chi connectivity index (χ3n) is 5.19. The van der Waals surface area contributed by atoms with Crippen LogP contribution in [0.4, 0.5) is 17.1 Å². The summed E-state index contributed by atoms with van der Waals surface area (Å²) in [5.41, 5.74) is 3.01. The summed E-state index contributed by atoms with van der Waals surface area (Å²) in [4.78, 5) is 27.3. The summed E-state index contributed by atoms with van der Waals surface area (Å²) >= 11 is 1.25. The second kappa shape index (κ2) is 10.3. The number of carbonyl (C=O) groups is 2. The van der Waals surface area contributed by atoms with Crippen LogP contribution in [0, 0.1) is 0 Å². The molecule has 1 aliphatic heterocycles. The van der Waals surface area contributed by atoms with E-state index in [-0.39, 0.29) is 17.6 Å². The Labute approximate surface area is 190 Å². The van der Waals surface area contributed by atoms with Gasteiger partial charge in [0.1, 0.15) is 0 Å². The van der Waals surface area contributed by atoms with E-state index in [4.69, 9.17) is 0 Å². The van der Waals surface area contributed by atoms with Crippen molar-refractivity contribution in [3.05, 3.63) is 54.1 Å². The van der Waals surface area contributed by atoms with E-state index in [1.54, 1.807) is 31.3 Å². The summed E-state index contributed by atoms with van der Waals surface area (Å²) in [7, 11) is 1.72. The molecular formula is C22H25N7O2S. The van der Waals surface area contributed by atoms with E-state index in [1.165, 1.54) is 35.7 Å². The topological polar surface area (TPSA) is 105 Å². The number of piperidine rings is 1. The number of benzene rings is 2. The van der Waals surface area contributed by atoms with Crippen LogP contribution in [0.15, 0.2) is 53.7 Å². The number of carbonyl (C=O) groups excluding carboxylic acids is 2. The quantitative estimate of drug-likeness (QED) is 0.532. The van der Waals surface area contributed by atoms with Crippen LogP contribution < -0.4 is 15.5 Å². The number of amides is 2. The first kappa shape index (κ1) is 21.8. The van der Waals surface area contributed by atoms with Gasteiger partial charge in [-0.15, -0.1) is 5.10 Å². The molecular weight excluding hydrogens is 426 g/mol. The standard InChI is InChI=1S/C22H25N7O2S/c1-28-22(25-26-27-28)32-15-20(30)23-17-11-9-16(10-12-17)21(31)24-18-7-3-4-8-19(18)29-13-5-2-6-14-29/h3-4,7-12H,2,5-6,13-15H2,1H3,(H,23,30)(H,24,31). The van der Waals surface area contributed by atoms with Gasteiger partial charge in [-0.1, -0.05) is 23.9 Å². The molecule has 4 rings (SSSR count). The maximum atomic E-state index is 12.8. The fourth-order valence-corrected chi connectivity index (χ4v) is 4.21. The Morgan fingerprint density at radius 1 is 1.00 bits per heavy atom. The molecule has 3 aromatic rings. The highest BCUT2D eigenvalue weighted by molar-refractivity contribution is 7.99. The van der Waals surface area contributed by atoms with Crippen LogP contribution in [0.1, 0.15) is 29.6 Å². The number of para-hydroxylation sites is 2. The second-order valence-corrected chi connectivity index (χ2v) is 8.46. The largest absolute Gasteiger partial charge is 0.370 e. The van der Waals surface area contributed by atoms with E-state index in [2.05, 4.69) is 37.1 Å². The first-order valence-electron chi connectivity index (χ1n) is 10.5. The smallest absolute Gasteiger partial charge is 0.255 e. The lowest BCUT2D eigenvalue weighted by atomic mass is 10.1. The number of rotatable bonds is 7. The molecule has 0 bridgehead atoms. The Morgan fingerprint density at radius 2 is 1.75 bits per heavy atom. The van der Waals surface area contributed by atoms with Gasteiger partial charge in [0.15, 0.2) is 0 Å². The van der Waals surface area contributed by atoms with E-state index in [1.807, 2.05) is 18.2 Å². The monoisotopic (exact) mass is 451 g/mol. The molecule has 32 heavy (non-hydrogen) atoms. The molecule has 2 heterocycles. The normalized spacial score (nSPS) is 13.6. The summed E-state index contributed by atoms with van der Waals surface area (Å²) in [6, 6.07) is 14.8. The number of tetrazole rings is 1. The highest BCUT2D eigenvalue weighted by Gasteiger charge is 2.16. The highest BCUT2D eigenvalue weighted by atomic mass is 32.2. The van der Waals surface area contributed by atoms with Crippen LogP contribution in [0.2, 0.25) is 0 Å². The van der Waals surface area contributed by atoms with Gasteiger partial charge in [0.2, 0.25) is 11.1 Å². The molecule has 9 nitrogen and oxygen atoms in total. The van der Waals surface area contributed by atoms with Crippen molar-refractivity contribution in [2.75, 3.05) is 34.4 Å². The van der Waals surface area contributed by atoms with Crippen LogP contribution in [0.3, 0.4) is 0 Å². The molecule has 0 atom stereocenters. The summed E-state index contributed by atoms with van der Waals surface area (Å²) in [6.07, 6.45) is 3.59. The molecule has 2 aromatic carbocycles. The van der Waals surface area contributed by atoms with Crippen LogP contribution >= 0.6 is 11.8 Å². The highest BCUT2D eigenvalue weighted by Crippen LogP contribution is 2.28. The number of hydrogen-bond donors (Lipinski definition) is 2. The Morgan fingerprint density at radius 3 is 2.47 bits per heavy atom. The number of nitrogens with zero attached hydrogens (tertiary/aromatic N) is 5. The SMILES string of the molecule is Cn1nnnc1SCC(=O)Nc1ccc(C(=O)Nc2ccccc2N2CCCCC2)cc1. The van der Waals surface area contributed by atoms with Gasteiger partial charge >= 0.3 is 0 Å². The summed E-state index contributed by atoms with van der Waals surface area (Å²) < 4.78 is 1.51. The van der Waals surface area contributed by atoms with Gasteiger partial charge in [0.25, 0.3) is 5.91 Å². The molecule has 2 N–H and O–H groups in total. The van der Waals surface area contributed by atoms with Gasteiger partial charge < -0.3 is 15.5 Å². The van der Waals surface area contributed by atoms with Crippen LogP contribution in [-0.4, -0.2) is 50.9 Å². The molecule has 10 heteroatoms. The van der Waals surface area contributed by atoms with Crippen molar-refractivity contribution in [3.8, 4) is 0 Å². The van der Waals surface area contributed by atoms with E-state index >= 15 is 0 Å². The Balaban J connectivity index is 1.34. The van der Waals surface area contributed by atoms with Crippen LogP contribution in [0.5, 0.6) is 0 Å². The zero-order chi connectivity index (χ0) is 22.3. The first-order valence-corrected chi connectivity index (χ1v) is 11.5. The molecule has 0 radical (unpaired) electrons. The molecule has 0 aliphatic carbocycles. The number of hydrogen-bond acceptors (Lipinski definition) is 7. The number of aryl methyl sites for hydroxylation is 1.